The second-order valence-electron chi connectivity index (χ2n) is 5.72. The maximum atomic E-state index is 6.62. The average molecular weight is 282 g/mol. The molecule has 1 aliphatic heterocycles. The number of methoxy groups -OCH3 is 1. The van der Waals surface area contributed by atoms with Crippen molar-refractivity contribution in [3.63, 3.8) is 0 Å². The van der Waals surface area contributed by atoms with E-state index in [1.807, 2.05) is 6.07 Å². The summed E-state index contributed by atoms with van der Waals surface area (Å²) in [6.45, 7) is 7.66. The van der Waals surface area contributed by atoms with Crippen molar-refractivity contribution < 1.29 is 4.74 Å². The minimum absolute atomic E-state index is 0.000139. The van der Waals surface area contributed by atoms with Gasteiger partial charge in [0.1, 0.15) is 5.75 Å². The monoisotopic (exact) mass is 281 g/mol. The molecule has 0 aromatic heterocycles. The third kappa shape index (κ3) is 3.87. The number of nitrogens with zero attached hydrogens (tertiary/aromatic N) is 1. The molecule has 2 unspecified atom stereocenters. The van der Waals surface area contributed by atoms with Crippen molar-refractivity contribution >= 4 is 11.6 Å². The second kappa shape index (κ2) is 6.62. The van der Waals surface area contributed by atoms with Crippen molar-refractivity contribution in [1.29, 1.82) is 0 Å². The fourth-order valence-corrected chi connectivity index (χ4v) is 3.24. The number of piperidine rings is 1. The van der Waals surface area contributed by atoms with Crippen molar-refractivity contribution in [3.8, 4) is 5.75 Å². The average Bonchev–Trinajstić information content (AvgIpc) is 2.38. The highest BCUT2D eigenvalue weighted by Gasteiger charge is 2.21. The summed E-state index contributed by atoms with van der Waals surface area (Å²) in [5.74, 6) is 1.69. The van der Waals surface area contributed by atoms with Gasteiger partial charge in [-0.1, -0.05) is 24.6 Å². The standard InChI is InChI=1S/C16H24ClNO/c1-12-6-7-16(19-3)14(9-12)15(17)11-18-8-4-5-13(2)10-18/h6-7,9,13,15H,4-5,8,10-11H2,1-3H3. The van der Waals surface area contributed by atoms with Gasteiger partial charge in [0.05, 0.1) is 12.5 Å². The highest BCUT2D eigenvalue weighted by Crippen LogP contribution is 2.32. The number of halogens is 1. The summed E-state index contributed by atoms with van der Waals surface area (Å²) in [5, 5.41) is 0.000139. The minimum atomic E-state index is 0.000139. The van der Waals surface area contributed by atoms with Crippen LogP contribution in [0, 0.1) is 12.8 Å². The van der Waals surface area contributed by atoms with Crippen LogP contribution in [-0.4, -0.2) is 31.6 Å². The molecule has 1 fully saturated rings. The van der Waals surface area contributed by atoms with E-state index in [0.717, 1.165) is 30.3 Å². The van der Waals surface area contributed by atoms with Crippen LogP contribution in [0.15, 0.2) is 18.2 Å². The van der Waals surface area contributed by atoms with E-state index in [1.165, 1.54) is 24.9 Å². The maximum absolute atomic E-state index is 6.62. The molecule has 0 bridgehead atoms. The molecule has 1 aromatic rings. The van der Waals surface area contributed by atoms with Gasteiger partial charge in [-0.05, 0) is 38.3 Å². The number of benzene rings is 1. The van der Waals surface area contributed by atoms with Crippen LogP contribution in [-0.2, 0) is 0 Å². The summed E-state index contributed by atoms with van der Waals surface area (Å²) in [6.07, 6.45) is 2.63. The predicted molar refractivity (Wildman–Crippen MR) is 81.2 cm³/mol. The summed E-state index contributed by atoms with van der Waals surface area (Å²) < 4.78 is 5.43. The van der Waals surface area contributed by atoms with E-state index in [1.54, 1.807) is 7.11 Å². The lowest BCUT2D eigenvalue weighted by Gasteiger charge is -2.32. The largest absolute Gasteiger partial charge is 0.496 e. The molecule has 0 radical (unpaired) electrons. The lowest BCUT2D eigenvalue weighted by atomic mass is 9.99. The molecule has 0 amide bonds. The molecule has 0 aliphatic carbocycles. The van der Waals surface area contributed by atoms with E-state index in [4.69, 9.17) is 16.3 Å². The summed E-state index contributed by atoms with van der Waals surface area (Å²) in [5.41, 5.74) is 2.34. The van der Waals surface area contributed by atoms with Crippen LogP contribution >= 0.6 is 11.6 Å². The first kappa shape index (κ1) is 14.7. The van der Waals surface area contributed by atoms with E-state index < -0.39 is 0 Å². The Labute approximate surface area is 121 Å². The zero-order chi connectivity index (χ0) is 13.8. The molecule has 2 nitrogen and oxygen atoms in total. The summed E-state index contributed by atoms with van der Waals surface area (Å²) in [7, 11) is 1.71. The number of rotatable bonds is 4. The van der Waals surface area contributed by atoms with E-state index in [2.05, 4.69) is 30.9 Å². The molecule has 2 atom stereocenters. The second-order valence-corrected chi connectivity index (χ2v) is 6.25. The highest BCUT2D eigenvalue weighted by atomic mass is 35.5. The number of hydrogen-bond acceptors (Lipinski definition) is 2. The zero-order valence-corrected chi connectivity index (χ0v) is 12.9. The van der Waals surface area contributed by atoms with E-state index in [-0.39, 0.29) is 5.38 Å². The van der Waals surface area contributed by atoms with Crippen molar-refractivity contribution in [1.82, 2.24) is 4.90 Å². The smallest absolute Gasteiger partial charge is 0.123 e. The third-order valence-electron chi connectivity index (χ3n) is 3.88. The molecule has 1 saturated heterocycles. The van der Waals surface area contributed by atoms with Crippen LogP contribution in [0.5, 0.6) is 5.75 Å². The van der Waals surface area contributed by atoms with Gasteiger partial charge in [-0.15, -0.1) is 11.6 Å². The van der Waals surface area contributed by atoms with Gasteiger partial charge in [-0.2, -0.15) is 0 Å². The summed E-state index contributed by atoms with van der Waals surface area (Å²) >= 11 is 6.62. The first-order valence-corrected chi connectivity index (χ1v) is 7.54. The first-order valence-electron chi connectivity index (χ1n) is 7.11. The third-order valence-corrected chi connectivity index (χ3v) is 4.26. The normalized spacial score (nSPS) is 22.2. The van der Waals surface area contributed by atoms with Gasteiger partial charge >= 0.3 is 0 Å². The summed E-state index contributed by atoms with van der Waals surface area (Å²) in [6, 6.07) is 6.22. The Morgan fingerprint density at radius 3 is 2.95 bits per heavy atom. The zero-order valence-electron chi connectivity index (χ0n) is 12.2. The lowest BCUT2D eigenvalue weighted by Crippen LogP contribution is -2.36. The Kier molecular flexibility index (Phi) is 5.12. The summed E-state index contributed by atoms with van der Waals surface area (Å²) in [4.78, 5) is 2.48. The molecular weight excluding hydrogens is 258 g/mol. The number of ether oxygens (including phenoxy) is 1. The predicted octanol–water partition coefficient (Wildman–Crippen LogP) is 4.02. The number of aryl methyl sites for hydroxylation is 1. The molecule has 3 heteroatoms. The lowest BCUT2D eigenvalue weighted by molar-refractivity contribution is 0.183. The van der Waals surface area contributed by atoms with Crippen LogP contribution in [0.4, 0.5) is 0 Å². The Morgan fingerprint density at radius 2 is 2.26 bits per heavy atom. The fourth-order valence-electron chi connectivity index (χ4n) is 2.88. The van der Waals surface area contributed by atoms with Gasteiger partial charge in [0.2, 0.25) is 0 Å². The first-order chi connectivity index (χ1) is 9.10. The number of alkyl halides is 1. The van der Waals surface area contributed by atoms with Crippen LogP contribution in [0.1, 0.15) is 36.3 Å². The van der Waals surface area contributed by atoms with Crippen molar-refractivity contribution in [3.05, 3.63) is 29.3 Å². The molecule has 19 heavy (non-hydrogen) atoms. The van der Waals surface area contributed by atoms with Crippen LogP contribution in [0.25, 0.3) is 0 Å². The Hall–Kier alpha value is -0.730. The fraction of sp³-hybridized carbons (Fsp3) is 0.625. The molecule has 1 aliphatic rings. The van der Waals surface area contributed by atoms with E-state index >= 15 is 0 Å². The number of likely N-dealkylation sites (tertiary alicyclic amines) is 1. The van der Waals surface area contributed by atoms with Crippen molar-refractivity contribution in [2.45, 2.75) is 32.1 Å². The van der Waals surface area contributed by atoms with Gasteiger partial charge in [-0.25, -0.2) is 0 Å². The topological polar surface area (TPSA) is 12.5 Å². The van der Waals surface area contributed by atoms with Gasteiger partial charge in [0.15, 0.2) is 0 Å². The maximum Gasteiger partial charge on any atom is 0.123 e. The quantitative estimate of drug-likeness (QED) is 0.773. The molecule has 0 saturated carbocycles. The van der Waals surface area contributed by atoms with Crippen LogP contribution in [0.2, 0.25) is 0 Å². The molecule has 1 aromatic carbocycles. The van der Waals surface area contributed by atoms with Gasteiger partial charge in [0.25, 0.3) is 0 Å². The molecule has 106 valence electrons. The van der Waals surface area contributed by atoms with Crippen LogP contribution < -0.4 is 4.74 Å². The molecule has 1 heterocycles. The van der Waals surface area contributed by atoms with E-state index in [0.29, 0.717) is 0 Å². The molecule has 0 N–H and O–H groups in total. The molecule has 0 spiro atoms. The van der Waals surface area contributed by atoms with Gasteiger partial charge < -0.3 is 9.64 Å². The van der Waals surface area contributed by atoms with Gasteiger partial charge in [0, 0.05) is 18.7 Å². The Morgan fingerprint density at radius 1 is 1.47 bits per heavy atom. The Bertz CT molecular complexity index is 421. The van der Waals surface area contributed by atoms with Gasteiger partial charge in [-0.3, -0.25) is 0 Å². The SMILES string of the molecule is COc1ccc(C)cc1C(Cl)CN1CCCC(C)C1. The molecular formula is C16H24ClNO. The highest BCUT2D eigenvalue weighted by molar-refractivity contribution is 6.21. The van der Waals surface area contributed by atoms with E-state index in [9.17, 15) is 0 Å². The van der Waals surface area contributed by atoms with Crippen molar-refractivity contribution in [2.24, 2.45) is 5.92 Å². The van der Waals surface area contributed by atoms with Crippen molar-refractivity contribution in [2.75, 3.05) is 26.7 Å². The number of hydrogen-bond donors (Lipinski definition) is 0. The Balaban J connectivity index is 2.06. The minimum Gasteiger partial charge on any atom is -0.496 e. The van der Waals surface area contributed by atoms with Crippen LogP contribution in [0.3, 0.4) is 0 Å². The molecule has 2 rings (SSSR count).